The molecule has 1 N–H and O–H groups in total. The number of anilines is 1. The number of hydrogen-bond acceptors (Lipinski definition) is 2. The van der Waals surface area contributed by atoms with Crippen LogP contribution in [-0.4, -0.2) is 30.1 Å². The third kappa shape index (κ3) is 1.47. The van der Waals surface area contributed by atoms with E-state index in [1.165, 1.54) is 50.9 Å². The van der Waals surface area contributed by atoms with E-state index in [-0.39, 0.29) is 0 Å². The molecule has 0 amide bonds. The van der Waals surface area contributed by atoms with Gasteiger partial charge in [-0.3, -0.25) is 4.90 Å². The molecule has 1 aromatic rings. The van der Waals surface area contributed by atoms with Crippen LogP contribution in [-0.2, 0) is 5.41 Å². The summed E-state index contributed by atoms with van der Waals surface area (Å²) in [5.41, 5.74) is 3.50. The summed E-state index contributed by atoms with van der Waals surface area (Å²) in [6, 6.07) is 10.7. The van der Waals surface area contributed by atoms with Gasteiger partial charge in [-0.25, -0.2) is 0 Å². The summed E-state index contributed by atoms with van der Waals surface area (Å²) in [6.45, 7) is 5.06. The fraction of sp³-hybridized carbons (Fsp3) is 0.684. The molecular weight excluding hydrogens is 256 g/mol. The van der Waals surface area contributed by atoms with Gasteiger partial charge in [-0.15, -0.1) is 0 Å². The van der Waals surface area contributed by atoms with Crippen molar-refractivity contribution in [1.82, 2.24) is 4.90 Å². The van der Waals surface area contributed by atoms with Crippen molar-refractivity contribution in [2.24, 2.45) is 11.8 Å². The van der Waals surface area contributed by atoms with Gasteiger partial charge >= 0.3 is 0 Å². The first-order valence-corrected chi connectivity index (χ1v) is 8.93. The Kier molecular flexibility index (Phi) is 2.54. The first-order chi connectivity index (χ1) is 10.3. The lowest BCUT2D eigenvalue weighted by molar-refractivity contribution is 0.0248. The largest absolute Gasteiger partial charge is 0.381 e. The summed E-state index contributed by atoms with van der Waals surface area (Å²) in [5, 5.41) is 3.89. The molecule has 1 spiro atoms. The molecule has 2 saturated heterocycles. The molecule has 112 valence electrons. The topological polar surface area (TPSA) is 15.3 Å². The number of para-hydroxylation sites is 1. The smallest absolute Gasteiger partial charge is 0.0382 e. The van der Waals surface area contributed by atoms with E-state index in [1.807, 2.05) is 0 Å². The molecule has 3 aliphatic heterocycles. The molecule has 0 unspecified atom stereocenters. The molecule has 1 aliphatic carbocycles. The average Bonchev–Trinajstić information content (AvgIpc) is 3.07. The van der Waals surface area contributed by atoms with E-state index >= 15 is 0 Å². The van der Waals surface area contributed by atoms with Gasteiger partial charge < -0.3 is 5.32 Å². The average molecular weight is 282 g/mol. The molecule has 1 aromatic carbocycles. The number of nitrogens with zero attached hydrogens (tertiary/aromatic N) is 1. The zero-order chi connectivity index (χ0) is 14.0. The minimum atomic E-state index is 0.429. The monoisotopic (exact) mass is 282 g/mol. The molecule has 0 aromatic heterocycles. The summed E-state index contributed by atoms with van der Waals surface area (Å²) in [6.07, 6.45) is 7.03. The lowest BCUT2D eigenvalue weighted by Gasteiger charge is -2.52. The Labute approximate surface area is 127 Å². The van der Waals surface area contributed by atoms with Gasteiger partial charge in [0.1, 0.15) is 0 Å². The van der Waals surface area contributed by atoms with Crippen LogP contribution in [0.5, 0.6) is 0 Å². The Bertz CT molecular complexity index is 568. The number of hydrogen-bond donors (Lipinski definition) is 1. The first-order valence-electron chi connectivity index (χ1n) is 8.93. The lowest BCUT2D eigenvalue weighted by Crippen LogP contribution is -2.59. The second kappa shape index (κ2) is 4.25. The van der Waals surface area contributed by atoms with Crippen LogP contribution in [0.1, 0.15) is 44.6 Å². The summed E-state index contributed by atoms with van der Waals surface area (Å²) in [5.74, 6) is 1.89. The number of rotatable bonds is 1. The number of piperidine rings is 1. The minimum absolute atomic E-state index is 0.429. The molecule has 2 nitrogen and oxygen atoms in total. The molecule has 5 rings (SSSR count). The van der Waals surface area contributed by atoms with Gasteiger partial charge in [0.2, 0.25) is 0 Å². The Morgan fingerprint density at radius 2 is 2.19 bits per heavy atom. The Balaban J connectivity index is 1.62. The van der Waals surface area contributed by atoms with Crippen molar-refractivity contribution in [3.8, 4) is 0 Å². The van der Waals surface area contributed by atoms with E-state index in [0.29, 0.717) is 11.5 Å². The van der Waals surface area contributed by atoms with E-state index in [9.17, 15) is 0 Å². The van der Waals surface area contributed by atoms with Crippen LogP contribution in [0, 0.1) is 11.8 Å². The third-order valence-corrected chi connectivity index (χ3v) is 7.09. The first kappa shape index (κ1) is 12.5. The predicted molar refractivity (Wildman–Crippen MR) is 86.6 cm³/mol. The van der Waals surface area contributed by atoms with Gasteiger partial charge in [0.15, 0.2) is 0 Å². The molecule has 3 fully saturated rings. The Morgan fingerprint density at radius 3 is 3.10 bits per heavy atom. The van der Waals surface area contributed by atoms with Crippen molar-refractivity contribution >= 4 is 5.69 Å². The SMILES string of the molecule is CC[C@@H]1C[C@@H]2CC[C@H]3Nc4ccccc4[C@]34CCN(C1)[C@H]24. The Hall–Kier alpha value is -1.02. The minimum Gasteiger partial charge on any atom is -0.381 e. The van der Waals surface area contributed by atoms with Gasteiger partial charge in [0, 0.05) is 29.7 Å². The van der Waals surface area contributed by atoms with E-state index in [0.717, 1.165) is 17.9 Å². The quantitative estimate of drug-likeness (QED) is 0.846. The van der Waals surface area contributed by atoms with E-state index < -0.39 is 0 Å². The molecule has 5 atom stereocenters. The van der Waals surface area contributed by atoms with E-state index in [2.05, 4.69) is 41.4 Å². The van der Waals surface area contributed by atoms with Gasteiger partial charge in [0.05, 0.1) is 0 Å². The maximum absolute atomic E-state index is 3.89. The zero-order valence-corrected chi connectivity index (χ0v) is 13.0. The summed E-state index contributed by atoms with van der Waals surface area (Å²) in [7, 11) is 0. The van der Waals surface area contributed by atoms with Crippen LogP contribution in [0.15, 0.2) is 24.3 Å². The van der Waals surface area contributed by atoms with Crippen molar-refractivity contribution in [1.29, 1.82) is 0 Å². The van der Waals surface area contributed by atoms with Crippen LogP contribution in [0.4, 0.5) is 5.69 Å². The van der Waals surface area contributed by atoms with Crippen molar-refractivity contribution in [2.75, 3.05) is 18.4 Å². The molecule has 0 radical (unpaired) electrons. The maximum atomic E-state index is 3.89. The molecule has 4 aliphatic rings. The highest BCUT2D eigenvalue weighted by molar-refractivity contribution is 5.64. The summed E-state index contributed by atoms with van der Waals surface area (Å²) >= 11 is 0. The van der Waals surface area contributed by atoms with Gasteiger partial charge in [0.25, 0.3) is 0 Å². The van der Waals surface area contributed by atoms with Crippen LogP contribution in [0.3, 0.4) is 0 Å². The second-order valence-corrected chi connectivity index (χ2v) is 7.82. The fourth-order valence-electron chi connectivity index (χ4n) is 6.30. The van der Waals surface area contributed by atoms with Crippen LogP contribution in [0.2, 0.25) is 0 Å². The van der Waals surface area contributed by atoms with Gasteiger partial charge in [-0.1, -0.05) is 31.5 Å². The summed E-state index contributed by atoms with van der Waals surface area (Å²) in [4.78, 5) is 2.87. The molecule has 2 heteroatoms. The molecule has 21 heavy (non-hydrogen) atoms. The van der Waals surface area contributed by atoms with E-state index in [4.69, 9.17) is 0 Å². The zero-order valence-electron chi connectivity index (χ0n) is 13.0. The van der Waals surface area contributed by atoms with Crippen LogP contribution in [0.25, 0.3) is 0 Å². The van der Waals surface area contributed by atoms with Gasteiger partial charge in [-0.2, -0.15) is 0 Å². The van der Waals surface area contributed by atoms with Crippen LogP contribution < -0.4 is 5.32 Å². The van der Waals surface area contributed by atoms with E-state index in [1.54, 1.807) is 5.56 Å². The number of benzene rings is 1. The highest BCUT2D eigenvalue weighted by Crippen LogP contribution is 2.59. The fourth-order valence-corrected chi connectivity index (χ4v) is 6.30. The van der Waals surface area contributed by atoms with Crippen LogP contribution >= 0.6 is 0 Å². The number of fused-ring (bicyclic) bond motifs is 1. The third-order valence-electron chi connectivity index (χ3n) is 7.09. The maximum Gasteiger partial charge on any atom is 0.0382 e. The second-order valence-electron chi connectivity index (χ2n) is 7.82. The predicted octanol–water partition coefficient (Wildman–Crippen LogP) is 3.63. The lowest BCUT2D eigenvalue weighted by atomic mass is 9.59. The molecule has 1 saturated carbocycles. The molecule has 3 heterocycles. The number of nitrogens with one attached hydrogen (secondary N) is 1. The van der Waals surface area contributed by atoms with Crippen molar-refractivity contribution in [3.05, 3.63) is 29.8 Å². The summed E-state index contributed by atoms with van der Waals surface area (Å²) < 4.78 is 0. The van der Waals surface area contributed by atoms with Gasteiger partial charge in [-0.05, 0) is 55.7 Å². The highest BCUT2D eigenvalue weighted by atomic mass is 15.2. The van der Waals surface area contributed by atoms with Crippen molar-refractivity contribution in [2.45, 2.75) is 56.5 Å². The van der Waals surface area contributed by atoms with Crippen molar-refractivity contribution < 1.29 is 0 Å². The highest BCUT2D eigenvalue weighted by Gasteiger charge is 2.62. The Morgan fingerprint density at radius 1 is 1.29 bits per heavy atom. The molecular formula is C19H26N2. The standard InChI is InChI=1S/C19H26N2/c1-2-13-11-14-7-8-17-19(9-10-21(12-13)18(14)19)15-5-3-4-6-16(15)20-17/h3-6,13-14,17-18,20H,2,7-12H2,1H3/t13-,14+,17-,18-,19-/m1/s1. The normalized spacial score (nSPS) is 43.9. The van der Waals surface area contributed by atoms with Crippen molar-refractivity contribution in [3.63, 3.8) is 0 Å². The molecule has 0 bridgehead atoms.